The zero-order valence-electron chi connectivity index (χ0n) is 63.6. The molecule has 116 heavy (non-hydrogen) atoms. The molecule has 0 saturated carbocycles. The number of benzene rings is 16. The molecule has 0 amide bonds. The molecule has 24 rings (SSSR count). The Morgan fingerprint density at radius 2 is 0.664 bits per heavy atom. The largest absolute Gasteiger partial charge is 0.228 e. The highest BCUT2D eigenvalue weighted by atomic mass is 32.2. The minimum absolute atomic E-state index is 0.160. The summed E-state index contributed by atoms with van der Waals surface area (Å²) in [7, 11) is 0. The van der Waals surface area contributed by atoms with E-state index in [4.69, 9.17) is 19.9 Å². The van der Waals surface area contributed by atoms with Gasteiger partial charge < -0.3 is 0 Å². The van der Waals surface area contributed by atoms with Crippen molar-refractivity contribution in [3.05, 3.63) is 437 Å². The number of hydrogen-bond acceptors (Lipinski definition) is 6. The van der Waals surface area contributed by atoms with E-state index in [0.29, 0.717) is 11.6 Å². The summed E-state index contributed by atoms with van der Waals surface area (Å²) in [5, 5.41) is 2.52. The van der Waals surface area contributed by atoms with Crippen LogP contribution in [0.1, 0.15) is 80.6 Å². The van der Waals surface area contributed by atoms with Crippen LogP contribution in [0, 0.1) is 0 Å². The molecule has 0 radical (unpaired) electrons. The van der Waals surface area contributed by atoms with Gasteiger partial charge in [-0.15, -0.1) is 0 Å². The molecular formula is C110H70N4S2. The Balaban J connectivity index is 0.636. The van der Waals surface area contributed by atoms with Crippen LogP contribution >= 0.6 is 23.5 Å². The smallest absolute Gasteiger partial charge is 0.160 e. The maximum Gasteiger partial charge on any atom is 0.160 e. The predicted molar refractivity (Wildman–Crippen MR) is 477 cm³/mol. The van der Waals surface area contributed by atoms with E-state index in [1.54, 1.807) is 0 Å². The second-order valence-corrected chi connectivity index (χ2v) is 34.2. The third-order valence-electron chi connectivity index (χ3n) is 25.6. The molecule has 2 spiro atoms. The van der Waals surface area contributed by atoms with Gasteiger partial charge in [0.1, 0.15) is 0 Å². The molecule has 0 saturated heterocycles. The van der Waals surface area contributed by atoms with Crippen molar-refractivity contribution in [2.24, 2.45) is 0 Å². The van der Waals surface area contributed by atoms with E-state index in [1.165, 1.54) is 136 Å². The zero-order chi connectivity index (χ0) is 76.5. The number of aromatic nitrogens is 4. The van der Waals surface area contributed by atoms with Gasteiger partial charge in [0.25, 0.3) is 0 Å². The fraction of sp³-hybridized carbons (Fsp3) is 0.0545. The minimum atomic E-state index is -0.671. The van der Waals surface area contributed by atoms with Gasteiger partial charge in [0.05, 0.1) is 33.6 Å². The van der Waals surface area contributed by atoms with Crippen LogP contribution in [0.25, 0.3) is 151 Å². The Labute approximate surface area is 682 Å². The van der Waals surface area contributed by atoms with E-state index in [-0.39, 0.29) is 5.41 Å². The Morgan fingerprint density at radius 3 is 1.28 bits per heavy atom. The molecule has 1 unspecified atom stereocenters. The van der Waals surface area contributed by atoms with Gasteiger partial charge in [-0.25, -0.2) is 19.9 Å². The van der Waals surface area contributed by atoms with Crippen LogP contribution in [-0.4, -0.2) is 19.9 Å². The lowest BCUT2D eigenvalue weighted by Gasteiger charge is -2.40. The van der Waals surface area contributed by atoms with E-state index in [9.17, 15) is 0 Å². The molecule has 6 heteroatoms. The number of rotatable bonds is 9. The molecule has 4 heterocycles. The summed E-state index contributed by atoms with van der Waals surface area (Å²) < 4.78 is 0. The molecule has 4 aliphatic carbocycles. The van der Waals surface area contributed by atoms with Crippen LogP contribution in [-0.2, 0) is 22.7 Å². The van der Waals surface area contributed by atoms with Crippen molar-refractivity contribution < 1.29 is 0 Å². The Hall–Kier alpha value is -13.6. The third-order valence-corrected chi connectivity index (χ3v) is 28.1. The predicted octanol–water partition coefficient (Wildman–Crippen LogP) is 28.0. The number of fused-ring (bicyclic) bond motifs is 21. The highest BCUT2D eigenvalue weighted by Gasteiger charge is 2.53. The topological polar surface area (TPSA) is 51.6 Å². The highest BCUT2D eigenvalue weighted by Crippen LogP contribution is 2.66. The van der Waals surface area contributed by atoms with Gasteiger partial charge >= 0.3 is 0 Å². The van der Waals surface area contributed by atoms with Crippen molar-refractivity contribution in [3.63, 3.8) is 0 Å². The first-order valence-electron chi connectivity index (χ1n) is 40.1. The maximum atomic E-state index is 5.72. The van der Waals surface area contributed by atoms with Gasteiger partial charge in [-0.1, -0.05) is 353 Å². The van der Waals surface area contributed by atoms with Crippen LogP contribution in [0.4, 0.5) is 0 Å². The van der Waals surface area contributed by atoms with E-state index in [0.717, 1.165) is 90.4 Å². The SMILES string of the molecule is CC1(C)c2ccccc2-c2ccc(-c3cc(-c4ccccc4)nc(-c4cccc(-c5cccc6c5Sc5ccccc5C65c6ccccc6-c6c(-c7cccc(-c8cc(-c9cc%10c%11c(cccc%11c9)CC=C%10)nc(-c9cccc(-c%10cccc%11c%10Sc%10ccccc%10C%11%10c%11ccccc%11-c%11ccccc%11%10)c9)n8)c7)cccc65)c4)n3)cc21. The van der Waals surface area contributed by atoms with Gasteiger partial charge in [-0.05, 0) is 211 Å². The second kappa shape index (κ2) is 25.7. The van der Waals surface area contributed by atoms with Crippen molar-refractivity contribution in [2.75, 3.05) is 0 Å². The van der Waals surface area contributed by atoms with Gasteiger partial charge in [-0.2, -0.15) is 0 Å². The summed E-state index contributed by atoms with van der Waals surface area (Å²) in [4.78, 5) is 27.3. The molecule has 2 aliphatic heterocycles. The lowest BCUT2D eigenvalue weighted by atomic mass is 9.67. The standard InChI is InChI=1S/C110H70N4S2/c1-108(2)86-45-10-6-38-81(86)84-57-56-72(63-95(84)108)98-64-96(66-26-4-3-5-27-66)111-106(113-98)75-36-21-32-70(59-75)80-44-25-53-94-105(80)116-101-55-17-15-50-91(101)110(94)89-48-13-9-41-85(89)103-78(42-23-51-92(103)110)68-30-20-33-71(58-68)97-65-99(77-61-73-34-18-28-67-29-19-35-74(62-77)102(67)73)114-107(112-97)76-37-22-31-69(60-76)79-43-24-52-93-104(79)115-100-54-16-14-49-90(100)109(93)87-46-11-7-39-82(87)83-40-8-12-47-88(83)109/h3-28,30-65H,29H2,1-2H3. The minimum Gasteiger partial charge on any atom is -0.228 e. The average molecular weight is 1510 g/mol. The van der Waals surface area contributed by atoms with Crippen LogP contribution in [0.5, 0.6) is 0 Å². The molecule has 0 bridgehead atoms. The molecule has 4 nitrogen and oxygen atoms in total. The third kappa shape index (κ3) is 9.84. The summed E-state index contributed by atoms with van der Waals surface area (Å²) in [6.45, 7) is 4.68. The first-order chi connectivity index (χ1) is 57.2. The summed E-state index contributed by atoms with van der Waals surface area (Å²) in [5.41, 5.74) is 38.3. The molecule has 16 aromatic carbocycles. The Morgan fingerprint density at radius 1 is 0.259 bits per heavy atom. The summed E-state index contributed by atoms with van der Waals surface area (Å²) in [6.07, 6.45) is 5.49. The monoisotopic (exact) mass is 1510 g/mol. The Kier molecular flexibility index (Phi) is 14.8. The first kappa shape index (κ1) is 66.9. The molecule has 0 N–H and O–H groups in total. The van der Waals surface area contributed by atoms with E-state index in [1.807, 2.05) is 23.5 Å². The van der Waals surface area contributed by atoms with E-state index >= 15 is 0 Å². The molecular weight excluding hydrogens is 1440 g/mol. The average Bonchev–Trinajstić information content (AvgIpc) is 1.46. The molecule has 1 atom stereocenters. The van der Waals surface area contributed by atoms with Crippen molar-refractivity contribution >= 4 is 40.4 Å². The molecule has 0 fully saturated rings. The Bertz CT molecular complexity index is 7260. The molecule has 2 aromatic heterocycles. The van der Waals surface area contributed by atoms with Gasteiger partial charge in [-0.3, -0.25) is 0 Å². The van der Waals surface area contributed by atoms with Gasteiger partial charge in [0.2, 0.25) is 0 Å². The van der Waals surface area contributed by atoms with Crippen LogP contribution in [0.3, 0.4) is 0 Å². The highest BCUT2D eigenvalue weighted by molar-refractivity contribution is 8.00. The first-order valence-corrected chi connectivity index (χ1v) is 41.7. The van der Waals surface area contributed by atoms with E-state index in [2.05, 4.69) is 390 Å². The number of nitrogens with zero attached hydrogens (tertiary/aromatic N) is 4. The number of allylic oxidation sites excluding steroid dienone is 1. The van der Waals surface area contributed by atoms with Crippen molar-refractivity contribution in [1.82, 2.24) is 19.9 Å². The van der Waals surface area contributed by atoms with Crippen LogP contribution < -0.4 is 0 Å². The molecule has 18 aromatic rings. The fourth-order valence-electron chi connectivity index (χ4n) is 20.6. The quantitative estimate of drug-likeness (QED) is 0.144. The lowest BCUT2D eigenvalue weighted by Crippen LogP contribution is -2.32. The number of hydrogen-bond donors (Lipinski definition) is 0. The normalized spacial score (nSPS) is 15.2. The van der Waals surface area contributed by atoms with Crippen LogP contribution in [0.2, 0.25) is 0 Å². The summed E-state index contributed by atoms with van der Waals surface area (Å²) in [6, 6.07) is 136. The summed E-state index contributed by atoms with van der Waals surface area (Å²) >= 11 is 3.77. The van der Waals surface area contributed by atoms with E-state index < -0.39 is 10.8 Å². The van der Waals surface area contributed by atoms with Crippen LogP contribution in [0.15, 0.2) is 390 Å². The lowest BCUT2D eigenvalue weighted by molar-refractivity contribution is 0.660. The van der Waals surface area contributed by atoms with Crippen molar-refractivity contribution in [2.45, 2.75) is 56.1 Å². The van der Waals surface area contributed by atoms with Crippen molar-refractivity contribution in [3.8, 4) is 135 Å². The maximum absolute atomic E-state index is 5.72. The summed E-state index contributed by atoms with van der Waals surface area (Å²) in [5.74, 6) is 1.35. The van der Waals surface area contributed by atoms with Gasteiger partial charge in [0.15, 0.2) is 11.6 Å². The van der Waals surface area contributed by atoms with Gasteiger partial charge in [0, 0.05) is 58.4 Å². The fourth-order valence-corrected chi connectivity index (χ4v) is 23.2. The van der Waals surface area contributed by atoms with Crippen molar-refractivity contribution in [1.29, 1.82) is 0 Å². The molecule has 6 aliphatic rings. The molecule has 542 valence electrons. The second-order valence-electron chi connectivity index (χ2n) is 32.1. The zero-order valence-corrected chi connectivity index (χ0v) is 65.2.